The maximum Gasteiger partial charge on any atom is 0.258 e. The lowest BCUT2D eigenvalue weighted by Crippen LogP contribution is -2.28. The molecule has 5 nitrogen and oxygen atoms in total. The fourth-order valence-electron chi connectivity index (χ4n) is 3.01. The molecule has 0 saturated carbocycles. The monoisotopic (exact) mass is 398 g/mol. The molecule has 1 amide bonds. The number of carbonyl (C=O) groups excluding carboxylic acids is 1. The van der Waals surface area contributed by atoms with Gasteiger partial charge in [-0.3, -0.25) is 9.78 Å². The molecule has 0 radical (unpaired) electrons. The van der Waals surface area contributed by atoms with Gasteiger partial charge < -0.3 is 14.8 Å². The van der Waals surface area contributed by atoms with Crippen LogP contribution in [0.5, 0.6) is 11.5 Å². The van der Waals surface area contributed by atoms with Crippen molar-refractivity contribution in [1.29, 1.82) is 0 Å². The van der Waals surface area contributed by atoms with Crippen LogP contribution in [0, 0.1) is 0 Å². The number of carbonyl (C=O) groups is 1. The predicted octanol–water partition coefficient (Wildman–Crippen LogP) is 4.51. The maximum atomic E-state index is 12.1. The van der Waals surface area contributed by atoms with Crippen molar-refractivity contribution in [1.82, 2.24) is 10.3 Å². The number of amides is 1. The summed E-state index contributed by atoms with van der Waals surface area (Å²) in [5.74, 6) is 1.28. The molecule has 0 aliphatic rings. The minimum absolute atomic E-state index is 0.0232. The van der Waals surface area contributed by atoms with E-state index in [1.54, 1.807) is 12.4 Å². The average Bonchev–Trinajstić information content (AvgIpc) is 2.81. The van der Waals surface area contributed by atoms with Crippen molar-refractivity contribution in [3.63, 3.8) is 0 Å². The topological polar surface area (TPSA) is 60.5 Å². The van der Waals surface area contributed by atoms with Crippen LogP contribution in [0.15, 0.2) is 91.3 Å². The summed E-state index contributed by atoms with van der Waals surface area (Å²) < 4.78 is 11.4. The molecular formula is C25H22N2O3. The number of pyridine rings is 1. The normalized spacial score (nSPS) is 10.5. The van der Waals surface area contributed by atoms with Gasteiger partial charge in [0, 0.05) is 24.5 Å². The van der Waals surface area contributed by atoms with Gasteiger partial charge in [0.25, 0.3) is 5.91 Å². The second-order valence-electron chi connectivity index (χ2n) is 6.87. The minimum Gasteiger partial charge on any atom is -0.489 e. The number of nitrogens with one attached hydrogen (secondary N) is 1. The molecule has 0 aliphatic heterocycles. The third-order valence-corrected chi connectivity index (χ3v) is 4.63. The summed E-state index contributed by atoms with van der Waals surface area (Å²) in [6.45, 7) is 0.878. The number of hydrogen-bond donors (Lipinski definition) is 1. The van der Waals surface area contributed by atoms with Crippen LogP contribution >= 0.6 is 0 Å². The number of ether oxygens (including phenoxy) is 2. The van der Waals surface area contributed by atoms with Crippen LogP contribution < -0.4 is 14.8 Å². The highest BCUT2D eigenvalue weighted by Crippen LogP contribution is 2.20. The van der Waals surface area contributed by atoms with Crippen molar-refractivity contribution in [3.05, 3.63) is 102 Å². The highest BCUT2D eigenvalue weighted by Gasteiger charge is 2.04. The molecule has 0 unspecified atom stereocenters. The minimum atomic E-state index is -0.167. The zero-order valence-electron chi connectivity index (χ0n) is 16.5. The molecule has 5 heteroatoms. The Morgan fingerprint density at radius 3 is 2.40 bits per heavy atom. The Hall–Kier alpha value is -3.86. The highest BCUT2D eigenvalue weighted by molar-refractivity contribution is 5.84. The van der Waals surface area contributed by atoms with Crippen molar-refractivity contribution in [2.24, 2.45) is 0 Å². The van der Waals surface area contributed by atoms with E-state index in [4.69, 9.17) is 9.47 Å². The highest BCUT2D eigenvalue weighted by atomic mass is 16.5. The Morgan fingerprint density at radius 2 is 1.60 bits per heavy atom. The zero-order chi connectivity index (χ0) is 20.6. The van der Waals surface area contributed by atoms with Crippen LogP contribution in [-0.2, 0) is 17.9 Å². The molecule has 30 heavy (non-hydrogen) atoms. The number of aromatic nitrogens is 1. The molecule has 0 atom stereocenters. The number of rotatable bonds is 8. The van der Waals surface area contributed by atoms with Crippen molar-refractivity contribution < 1.29 is 14.3 Å². The van der Waals surface area contributed by atoms with Gasteiger partial charge in [-0.2, -0.15) is 0 Å². The van der Waals surface area contributed by atoms with Crippen molar-refractivity contribution in [3.8, 4) is 11.5 Å². The largest absolute Gasteiger partial charge is 0.489 e. The molecule has 150 valence electrons. The molecule has 0 spiro atoms. The number of fused-ring (bicyclic) bond motifs is 1. The summed E-state index contributed by atoms with van der Waals surface area (Å²) in [7, 11) is 0. The summed E-state index contributed by atoms with van der Waals surface area (Å²) in [4.78, 5) is 16.2. The van der Waals surface area contributed by atoms with Gasteiger partial charge in [-0.15, -0.1) is 0 Å². The standard InChI is InChI=1S/C25H22N2O3/c28-25(18-30-24-12-9-21-5-1-2-6-22(21)14-24)27-16-19-7-10-23(11-8-19)29-17-20-4-3-13-26-15-20/h1-15H,16-18H2,(H,27,28). The van der Waals surface area contributed by atoms with E-state index in [1.807, 2.05) is 78.9 Å². The van der Waals surface area contributed by atoms with Crippen LogP contribution in [0.1, 0.15) is 11.1 Å². The first kappa shape index (κ1) is 19.5. The Kier molecular flexibility index (Phi) is 6.20. The Bertz CT molecular complexity index is 1110. The fourth-order valence-corrected chi connectivity index (χ4v) is 3.01. The average molecular weight is 398 g/mol. The molecule has 4 rings (SSSR count). The summed E-state index contributed by atoms with van der Waals surface area (Å²) in [6.07, 6.45) is 3.52. The molecule has 3 aromatic carbocycles. The molecule has 0 saturated heterocycles. The smallest absolute Gasteiger partial charge is 0.258 e. The lowest BCUT2D eigenvalue weighted by molar-refractivity contribution is -0.123. The van der Waals surface area contributed by atoms with E-state index in [1.165, 1.54) is 0 Å². The predicted molar refractivity (Wildman–Crippen MR) is 116 cm³/mol. The Morgan fingerprint density at radius 1 is 0.800 bits per heavy atom. The lowest BCUT2D eigenvalue weighted by Gasteiger charge is -2.09. The van der Waals surface area contributed by atoms with Crippen LogP contribution in [0.3, 0.4) is 0 Å². The molecule has 1 aromatic heterocycles. The first-order valence-electron chi connectivity index (χ1n) is 9.75. The summed E-state index contributed by atoms with van der Waals surface area (Å²) in [6, 6.07) is 25.3. The van der Waals surface area contributed by atoms with E-state index in [0.717, 1.165) is 27.6 Å². The van der Waals surface area contributed by atoms with Gasteiger partial charge in [-0.25, -0.2) is 0 Å². The quantitative estimate of drug-likeness (QED) is 0.474. The van der Waals surface area contributed by atoms with Gasteiger partial charge >= 0.3 is 0 Å². The Labute approximate surface area is 175 Å². The summed E-state index contributed by atoms with van der Waals surface area (Å²) in [5, 5.41) is 5.10. The Balaban J connectivity index is 1.22. The van der Waals surface area contributed by atoms with E-state index in [0.29, 0.717) is 18.9 Å². The van der Waals surface area contributed by atoms with Crippen LogP contribution in [0.2, 0.25) is 0 Å². The van der Waals surface area contributed by atoms with Gasteiger partial charge in [0.2, 0.25) is 0 Å². The van der Waals surface area contributed by atoms with E-state index < -0.39 is 0 Å². The van der Waals surface area contributed by atoms with E-state index in [-0.39, 0.29) is 12.5 Å². The molecule has 0 aliphatic carbocycles. The van der Waals surface area contributed by atoms with Crippen LogP contribution in [0.4, 0.5) is 0 Å². The number of benzene rings is 3. The third-order valence-electron chi connectivity index (χ3n) is 4.63. The second-order valence-corrected chi connectivity index (χ2v) is 6.87. The molecule has 1 N–H and O–H groups in total. The van der Waals surface area contributed by atoms with E-state index in [9.17, 15) is 4.79 Å². The zero-order valence-corrected chi connectivity index (χ0v) is 16.5. The lowest BCUT2D eigenvalue weighted by atomic mass is 10.1. The summed E-state index contributed by atoms with van der Waals surface area (Å²) in [5.41, 5.74) is 2.00. The van der Waals surface area contributed by atoms with Gasteiger partial charge in [0.05, 0.1) is 0 Å². The van der Waals surface area contributed by atoms with Gasteiger partial charge in [-0.1, -0.05) is 48.5 Å². The molecular weight excluding hydrogens is 376 g/mol. The first-order chi connectivity index (χ1) is 14.8. The SMILES string of the molecule is O=C(COc1ccc2ccccc2c1)NCc1ccc(OCc2cccnc2)cc1. The van der Waals surface area contributed by atoms with Gasteiger partial charge in [0.1, 0.15) is 18.1 Å². The van der Waals surface area contributed by atoms with Crippen LogP contribution in [0.25, 0.3) is 10.8 Å². The fraction of sp³-hybridized carbons (Fsp3) is 0.120. The van der Waals surface area contributed by atoms with Gasteiger partial charge in [-0.05, 0) is 46.7 Å². The van der Waals surface area contributed by atoms with Crippen molar-refractivity contribution in [2.75, 3.05) is 6.61 Å². The van der Waals surface area contributed by atoms with Crippen LogP contribution in [-0.4, -0.2) is 17.5 Å². The number of nitrogens with zero attached hydrogens (tertiary/aromatic N) is 1. The molecule has 0 fully saturated rings. The second kappa shape index (κ2) is 9.56. The first-order valence-corrected chi connectivity index (χ1v) is 9.75. The van der Waals surface area contributed by atoms with E-state index >= 15 is 0 Å². The molecule has 4 aromatic rings. The van der Waals surface area contributed by atoms with E-state index in [2.05, 4.69) is 10.3 Å². The molecule has 0 bridgehead atoms. The maximum absolute atomic E-state index is 12.1. The summed E-state index contributed by atoms with van der Waals surface area (Å²) >= 11 is 0. The van der Waals surface area contributed by atoms with Crippen molar-refractivity contribution >= 4 is 16.7 Å². The third kappa shape index (κ3) is 5.35. The van der Waals surface area contributed by atoms with Crippen molar-refractivity contribution in [2.45, 2.75) is 13.2 Å². The molecule has 1 heterocycles. The van der Waals surface area contributed by atoms with Gasteiger partial charge in [0.15, 0.2) is 6.61 Å². The number of hydrogen-bond acceptors (Lipinski definition) is 4.